The highest BCUT2D eigenvalue weighted by Gasteiger charge is 2.42. The van der Waals surface area contributed by atoms with Gasteiger partial charge in [0, 0.05) is 0 Å². The van der Waals surface area contributed by atoms with Crippen LogP contribution >= 0.6 is 7.82 Å². The van der Waals surface area contributed by atoms with Gasteiger partial charge in [-0.15, -0.1) is 0 Å². The molecule has 0 aliphatic carbocycles. The van der Waals surface area contributed by atoms with E-state index in [0.717, 1.165) is 19.4 Å². The zero-order chi connectivity index (χ0) is 10.4. The highest BCUT2D eigenvalue weighted by molar-refractivity contribution is 7.45. The first kappa shape index (κ1) is 10.6. The number of phosphoric acid groups is 1. The topological polar surface area (TPSA) is 58.6 Å². The van der Waals surface area contributed by atoms with E-state index in [2.05, 4.69) is 0 Å². The van der Waals surface area contributed by atoms with E-state index in [4.69, 9.17) is 9.05 Å². The average Bonchev–Trinajstić information content (AvgIpc) is 2.08. The van der Waals surface area contributed by atoms with Crippen LogP contribution in [0.1, 0.15) is 19.3 Å². The van der Waals surface area contributed by atoms with E-state index in [1.54, 1.807) is 0 Å². The molecule has 0 saturated carbocycles. The summed E-state index contributed by atoms with van der Waals surface area (Å²) in [5, 5.41) is 0. The largest absolute Gasteiger partial charge is 0.756 e. The van der Waals surface area contributed by atoms with Gasteiger partial charge in [0.25, 0.3) is 7.82 Å². The predicted octanol–water partition coefficient (Wildman–Crippen LogP) is 0.457. The van der Waals surface area contributed by atoms with Gasteiger partial charge in [0.1, 0.15) is 0 Å². The van der Waals surface area contributed by atoms with Crippen LogP contribution in [0.3, 0.4) is 0 Å². The summed E-state index contributed by atoms with van der Waals surface area (Å²) >= 11 is 0. The molecule has 0 spiro atoms. The number of rotatable bonds is 0. The molecule has 2 heterocycles. The Morgan fingerprint density at radius 2 is 2.14 bits per heavy atom. The fraction of sp³-hybridized carbons (Fsp3) is 1.00. The molecular formula is C8H16NO4P. The minimum Gasteiger partial charge on any atom is -0.756 e. The summed E-state index contributed by atoms with van der Waals surface area (Å²) in [4.78, 5) is 11.3. The first-order valence-electron chi connectivity index (χ1n) is 4.90. The van der Waals surface area contributed by atoms with Crippen molar-refractivity contribution in [3.05, 3.63) is 0 Å². The SMILES string of the molecule is C[N+]1(C)CCCC2CC1OP(=O)([O-])O2. The van der Waals surface area contributed by atoms with Gasteiger partial charge in [0.15, 0.2) is 0 Å². The van der Waals surface area contributed by atoms with Crippen LogP contribution < -0.4 is 4.89 Å². The van der Waals surface area contributed by atoms with E-state index >= 15 is 0 Å². The van der Waals surface area contributed by atoms with E-state index < -0.39 is 7.82 Å². The number of likely N-dealkylation sites (tertiary alicyclic amines) is 1. The lowest BCUT2D eigenvalue weighted by atomic mass is 10.1. The predicted molar refractivity (Wildman–Crippen MR) is 48.2 cm³/mol. The van der Waals surface area contributed by atoms with Gasteiger partial charge < -0.3 is 13.9 Å². The van der Waals surface area contributed by atoms with Crippen LogP contribution in [0.5, 0.6) is 0 Å². The van der Waals surface area contributed by atoms with E-state index in [9.17, 15) is 9.46 Å². The van der Waals surface area contributed by atoms with E-state index in [0.29, 0.717) is 10.9 Å². The third-order valence-electron chi connectivity index (χ3n) is 3.03. The Morgan fingerprint density at radius 3 is 2.86 bits per heavy atom. The quantitative estimate of drug-likeness (QED) is 0.440. The van der Waals surface area contributed by atoms with Crippen LogP contribution in [0.25, 0.3) is 0 Å². The molecule has 0 aromatic rings. The monoisotopic (exact) mass is 221 g/mol. The molecule has 5 nitrogen and oxygen atoms in total. The second kappa shape index (κ2) is 3.29. The molecule has 0 amide bonds. The van der Waals surface area contributed by atoms with Crippen molar-refractivity contribution in [3.63, 3.8) is 0 Å². The Bertz CT molecular complexity index is 281. The fourth-order valence-electron chi connectivity index (χ4n) is 2.12. The van der Waals surface area contributed by atoms with Crippen molar-refractivity contribution in [2.24, 2.45) is 0 Å². The van der Waals surface area contributed by atoms with Crippen molar-refractivity contribution in [1.29, 1.82) is 0 Å². The maximum absolute atomic E-state index is 11.3. The van der Waals surface area contributed by atoms with Crippen molar-refractivity contribution in [2.75, 3.05) is 20.6 Å². The number of fused-ring (bicyclic) bond motifs is 2. The van der Waals surface area contributed by atoms with Crippen LogP contribution in [-0.4, -0.2) is 37.5 Å². The Labute approximate surface area is 83.8 Å². The standard InChI is InChI=1S/C8H16NO4P/c1-9(2)5-3-4-7-6-8(9)13-14(10,11)12-7/h7-8H,3-6H2,1-2H3. The number of phosphoric ester groups is 1. The van der Waals surface area contributed by atoms with E-state index in [-0.39, 0.29) is 12.3 Å². The van der Waals surface area contributed by atoms with Crippen LogP contribution in [0.2, 0.25) is 0 Å². The Kier molecular flexibility index (Phi) is 2.48. The highest BCUT2D eigenvalue weighted by atomic mass is 31.2. The Balaban J connectivity index is 2.23. The third kappa shape index (κ3) is 2.02. The summed E-state index contributed by atoms with van der Waals surface area (Å²) in [6.07, 6.45) is 2.04. The van der Waals surface area contributed by atoms with Crippen molar-refractivity contribution < 1.29 is 23.0 Å². The average molecular weight is 221 g/mol. The summed E-state index contributed by atoms with van der Waals surface area (Å²) < 4.78 is 21.8. The molecule has 0 aromatic carbocycles. The Morgan fingerprint density at radius 1 is 1.43 bits per heavy atom. The Hall–Kier alpha value is 0.0700. The van der Waals surface area contributed by atoms with Crippen molar-refractivity contribution in [1.82, 2.24) is 0 Å². The second-order valence-electron chi connectivity index (χ2n) is 4.61. The van der Waals surface area contributed by atoms with Crippen molar-refractivity contribution in [2.45, 2.75) is 31.6 Å². The number of quaternary nitrogens is 1. The molecule has 0 radical (unpaired) electrons. The lowest BCUT2D eigenvalue weighted by Gasteiger charge is -2.42. The van der Waals surface area contributed by atoms with Gasteiger partial charge in [-0.3, -0.25) is 9.09 Å². The van der Waals surface area contributed by atoms with Crippen molar-refractivity contribution >= 4 is 7.82 Å². The van der Waals surface area contributed by atoms with E-state index in [1.807, 2.05) is 14.1 Å². The zero-order valence-electron chi connectivity index (χ0n) is 8.51. The first-order valence-corrected chi connectivity index (χ1v) is 6.36. The lowest BCUT2D eigenvalue weighted by Crippen LogP contribution is -2.52. The molecule has 82 valence electrons. The molecule has 2 fully saturated rings. The summed E-state index contributed by atoms with van der Waals surface area (Å²) in [5.74, 6) is 0. The summed E-state index contributed by atoms with van der Waals surface area (Å²) in [7, 11) is -0.0407. The minimum atomic E-state index is -4.04. The van der Waals surface area contributed by atoms with Crippen LogP contribution in [-0.2, 0) is 13.6 Å². The van der Waals surface area contributed by atoms with Gasteiger partial charge in [-0.2, -0.15) is 0 Å². The smallest absolute Gasteiger partial charge is 0.272 e. The molecule has 2 saturated heterocycles. The molecule has 2 rings (SSSR count). The summed E-state index contributed by atoms with van der Waals surface area (Å²) in [6.45, 7) is 0.935. The molecule has 0 aromatic heterocycles. The van der Waals surface area contributed by atoms with E-state index in [1.165, 1.54) is 0 Å². The summed E-state index contributed by atoms with van der Waals surface area (Å²) in [6, 6.07) is 0. The minimum absolute atomic E-state index is 0.169. The fourth-order valence-corrected chi connectivity index (χ4v) is 3.37. The number of hydrogen-bond acceptors (Lipinski definition) is 4. The molecule has 2 bridgehead atoms. The third-order valence-corrected chi connectivity index (χ3v) is 4.09. The van der Waals surface area contributed by atoms with Gasteiger partial charge in [0.05, 0.1) is 33.2 Å². The molecule has 2 aliphatic heterocycles. The molecular weight excluding hydrogens is 205 g/mol. The molecule has 0 N–H and O–H groups in total. The van der Waals surface area contributed by atoms with Gasteiger partial charge in [0.2, 0.25) is 6.23 Å². The van der Waals surface area contributed by atoms with Crippen LogP contribution in [0.4, 0.5) is 0 Å². The second-order valence-corrected chi connectivity index (χ2v) is 5.93. The summed E-state index contributed by atoms with van der Waals surface area (Å²) in [5.41, 5.74) is 0. The molecule has 6 heteroatoms. The zero-order valence-corrected chi connectivity index (χ0v) is 9.40. The molecule has 2 aliphatic rings. The van der Waals surface area contributed by atoms with Crippen LogP contribution in [0, 0.1) is 0 Å². The number of nitrogens with zero attached hydrogens (tertiary/aromatic N) is 1. The first-order chi connectivity index (χ1) is 6.39. The van der Waals surface area contributed by atoms with Gasteiger partial charge in [-0.25, -0.2) is 0 Å². The van der Waals surface area contributed by atoms with Gasteiger partial charge >= 0.3 is 0 Å². The van der Waals surface area contributed by atoms with Gasteiger partial charge in [-0.05, 0) is 12.8 Å². The maximum atomic E-state index is 11.3. The highest BCUT2D eigenvalue weighted by Crippen LogP contribution is 2.50. The van der Waals surface area contributed by atoms with Gasteiger partial charge in [-0.1, -0.05) is 0 Å². The van der Waals surface area contributed by atoms with Crippen LogP contribution in [0.15, 0.2) is 0 Å². The molecule has 3 atom stereocenters. The normalized spacial score (nSPS) is 47.1. The molecule has 14 heavy (non-hydrogen) atoms. The number of hydrogen-bond donors (Lipinski definition) is 0. The maximum Gasteiger partial charge on any atom is 0.272 e. The lowest BCUT2D eigenvalue weighted by molar-refractivity contribution is -0.934. The van der Waals surface area contributed by atoms with Crippen molar-refractivity contribution in [3.8, 4) is 0 Å². The molecule has 3 unspecified atom stereocenters.